The van der Waals surface area contributed by atoms with E-state index >= 15 is 0 Å². The van der Waals surface area contributed by atoms with Crippen molar-refractivity contribution >= 4 is 11.9 Å². The first-order valence-electron chi connectivity index (χ1n) is 7.70. The lowest BCUT2D eigenvalue weighted by molar-refractivity contribution is -0.155. The largest absolute Gasteiger partial charge is 0.481 e. The highest BCUT2D eigenvalue weighted by Gasteiger charge is 2.56. The van der Waals surface area contributed by atoms with Crippen molar-refractivity contribution in [1.82, 2.24) is 4.90 Å². The average molecular weight is 303 g/mol. The van der Waals surface area contributed by atoms with Crippen LogP contribution in [0.1, 0.15) is 37.2 Å². The fourth-order valence-corrected chi connectivity index (χ4v) is 4.39. The van der Waals surface area contributed by atoms with E-state index in [1.165, 1.54) is 0 Å². The second-order valence-corrected chi connectivity index (χ2v) is 6.57. The molecular formula is C17H21NO4. The van der Waals surface area contributed by atoms with E-state index in [0.717, 1.165) is 18.4 Å². The van der Waals surface area contributed by atoms with Crippen molar-refractivity contribution in [3.05, 3.63) is 35.9 Å². The van der Waals surface area contributed by atoms with Gasteiger partial charge in [0.2, 0.25) is 0 Å². The Labute approximate surface area is 129 Å². The van der Waals surface area contributed by atoms with Crippen LogP contribution in [-0.2, 0) is 9.59 Å². The lowest BCUT2D eigenvalue weighted by Crippen LogP contribution is -2.56. The molecule has 3 rings (SSSR count). The zero-order valence-electron chi connectivity index (χ0n) is 12.6. The Morgan fingerprint density at radius 3 is 2.55 bits per heavy atom. The molecule has 2 heterocycles. The Hall–Kier alpha value is -1.88. The summed E-state index contributed by atoms with van der Waals surface area (Å²) >= 11 is 0. The number of aliphatic carboxylic acids is 2. The number of hydrogen-bond donors (Lipinski definition) is 2. The normalized spacial score (nSPS) is 32.6. The van der Waals surface area contributed by atoms with Crippen molar-refractivity contribution in [2.45, 2.75) is 43.2 Å². The zero-order chi connectivity index (χ0) is 15.9. The third-order valence-electron chi connectivity index (χ3n) is 5.58. The molecule has 2 N–H and O–H groups in total. The first kappa shape index (κ1) is 15.0. The molecule has 2 aliphatic heterocycles. The van der Waals surface area contributed by atoms with Crippen LogP contribution in [0.15, 0.2) is 30.3 Å². The summed E-state index contributed by atoms with van der Waals surface area (Å²) in [4.78, 5) is 25.6. The second-order valence-electron chi connectivity index (χ2n) is 6.57. The first-order chi connectivity index (χ1) is 10.5. The smallest absolute Gasteiger partial charge is 0.324 e. The summed E-state index contributed by atoms with van der Waals surface area (Å²) in [5, 5.41) is 19.4. The van der Waals surface area contributed by atoms with Gasteiger partial charge in [-0.05, 0) is 44.2 Å². The van der Waals surface area contributed by atoms with Gasteiger partial charge in [0.05, 0.1) is 5.92 Å². The highest BCUT2D eigenvalue weighted by Crippen LogP contribution is 2.49. The molecule has 0 saturated carbocycles. The fourth-order valence-electron chi connectivity index (χ4n) is 4.39. The Balaban J connectivity index is 1.94. The van der Waals surface area contributed by atoms with Crippen LogP contribution in [0.4, 0.5) is 0 Å². The second kappa shape index (κ2) is 5.39. The summed E-state index contributed by atoms with van der Waals surface area (Å²) in [6.45, 7) is 0. The maximum absolute atomic E-state index is 11.8. The maximum atomic E-state index is 11.8. The van der Waals surface area contributed by atoms with E-state index in [-0.39, 0.29) is 12.0 Å². The monoisotopic (exact) mass is 303 g/mol. The number of piperidine rings is 1. The van der Waals surface area contributed by atoms with Gasteiger partial charge in [0, 0.05) is 6.04 Å². The number of carboxylic acid groups (broad SMARTS) is 2. The van der Waals surface area contributed by atoms with Gasteiger partial charge in [-0.2, -0.15) is 0 Å². The van der Waals surface area contributed by atoms with Gasteiger partial charge in [-0.1, -0.05) is 30.3 Å². The van der Waals surface area contributed by atoms with Gasteiger partial charge < -0.3 is 10.2 Å². The summed E-state index contributed by atoms with van der Waals surface area (Å²) in [6.07, 6.45) is 2.60. The van der Waals surface area contributed by atoms with Crippen molar-refractivity contribution in [2.24, 2.45) is 5.92 Å². The van der Waals surface area contributed by atoms with Gasteiger partial charge in [0.25, 0.3) is 0 Å². The minimum absolute atomic E-state index is 0.139. The predicted octanol–water partition coefficient (Wildman–Crippen LogP) is 2.18. The van der Waals surface area contributed by atoms with Crippen LogP contribution in [0.25, 0.3) is 0 Å². The number of fused-ring (bicyclic) bond motifs is 2. The molecule has 0 aliphatic carbocycles. The van der Waals surface area contributed by atoms with Crippen LogP contribution in [0.3, 0.4) is 0 Å². The highest BCUT2D eigenvalue weighted by molar-refractivity contribution is 5.81. The number of rotatable bonds is 4. The molecule has 1 aromatic rings. The molecule has 0 radical (unpaired) electrons. The number of hydrogen-bond acceptors (Lipinski definition) is 3. The Kier molecular flexibility index (Phi) is 3.68. The molecule has 5 heteroatoms. The molecule has 0 amide bonds. The van der Waals surface area contributed by atoms with Crippen molar-refractivity contribution in [2.75, 3.05) is 7.05 Å². The third kappa shape index (κ3) is 2.20. The van der Waals surface area contributed by atoms with Gasteiger partial charge in [-0.25, -0.2) is 0 Å². The zero-order valence-corrected chi connectivity index (χ0v) is 12.6. The lowest BCUT2D eigenvalue weighted by Gasteiger charge is -2.44. The average Bonchev–Trinajstić information content (AvgIpc) is 2.69. The van der Waals surface area contributed by atoms with Gasteiger partial charge >= 0.3 is 11.9 Å². The molecule has 118 valence electrons. The van der Waals surface area contributed by atoms with Crippen LogP contribution < -0.4 is 0 Å². The minimum atomic E-state index is -0.893. The molecule has 2 saturated heterocycles. The van der Waals surface area contributed by atoms with Gasteiger partial charge in [0.1, 0.15) is 5.54 Å². The van der Waals surface area contributed by atoms with Gasteiger partial charge in [-0.3, -0.25) is 14.5 Å². The quantitative estimate of drug-likeness (QED) is 0.891. The standard InChI is InChI=1S/C17H21NO4/c1-18-13-7-8-17(18,16(21)22)10-12(9-13)14(15(19)20)11-5-3-2-4-6-11/h2-6,12-14H,7-10H2,1H3,(H,19,20)(H,21,22). The van der Waals surface area contributed by atoms with E-state index in [2.05, 4.69) is 0 Å². The topological polar surface area (TPSA) is 77.8 Å². The van der Waals surface area contributed by atoms with Crippen LogP contribution >= 0.6 is 0 Å². The summed E-state index contributed by atoms with van der Waals surface area (Å²) in [5.74, 6) is -2.45. The molecule has 1 aromatic carbocycles. The number of benzene rings is 1. The minimum Gasteiger partial charge on any atom is -0.481 e. The van der Waals surface area contributed by atoms with Crippen molar-refractivity contribution in [3.63, 3.8) is 0 Å². The number of carbonyl (C=O) groups is 2. The summed E-state index contributed by atoms with van der Waals surface area (Å²) < 4.78 is 0. The van der Waals surface area contributed by atoms with E-state index < -0.39 is 23.4 Å². The fraction of sp³-hybridized carbons (Fsp3) is 0.529. The molecule has 2 bridgehead atoms. The molecule has 2 fully saturated rings. The number of likely N-dealkylation sites (N-methyl/N-ethyl adjacent to an activating group) is 1. The van der Waals surface area contributed by atoms with Crippen molar-refractivity contribution < 1.29 is 19.8 Å². The first-order valence-corrected chi connectivity index (χ1v) is 7.70. The Morgan fingerprint density at radius 1 is 1.27 bits per heavy atom. The van der Waals surface area contributed by atoms with Crippen molar-refractivity contribution in [3.8, 4) is 0 Å². The van der Waals surface area contributed by atoms with E-state index in [1.54, 1.807) is 0 Å². The van der Waals surface area contributed by atoms with Crippen LogP contribution in [-0.4, -0.2) is 45.7 Å². The van der Waals surface area contributed by atoms with Crippen molar-refractivity contribution in [1.29, 1.82) is 0 Å². The SMILES string of the molecule is CN1C2CCC1(C(=O)O)CC(C(C(=O)O)c1ccccc1)C2. The van der Waals surface area contributed by atoms with E-state index in [4.69, 9.17) is 0 Å². The van der Waals surface area contributed by atoms with E-state index in [9.17, 15) is 19.8 Å². The maximum Gasteiger partial charge on any atom is 0.324 e. The Morgan fingerprint density at radius 2 is 1.95 bits per heavy atom. The lowest BCUT2D eigenvalue weighted by atomic mass is 9.73. The van der Waals surface area contributed by atoms with Crippen LogP contribution in [0, 0.1) is 5.92 Å². The predicted molar refractivity (Wildman–Crippen MR) is 80.7 cm³/mol. The molecule has 22 heavy (non-hydrogen) atoms. The number of carboxylic acids is 2. The molecule has 0 spiro atoms. The molecule has 4 atom stereocenters. The summed E-state index contributed by atoms with van der Waals surface area (Å²) in [5.41, 5.74) is -0.125. The van der Waals surface area contributed by atoms with Crippen LogP contribution in [0.5, 0.6) is 0 Å². The molecule has 4 unspecified atom stereocenters. The Bertz CT molecular complexity index is 588. The van der Waals surface area contributed by atoms with Gasteiger partial charge in [0.15, 0.2) is 0 Å². The molecule has 2 aliphatic rings. The van der Waals surface area contributed by atoms with E-state index in [0.29, 0.717) is 12.8 Å². The summed E-state index contributed by atoms with van der Waals surface area (Å²) in [7, 11) is 1.86. The van der Waals surface area contributed by atoms with E-state index in [1.807, 2.05) is 42.3 Å². The van der Waals surface area contributed by atoms with Crippen LogP contribution in [0.2, 0.25) is 0 Å². The van der Waals surface area contributed by atoms with Gasteiger partial charge in [-0.15, -0.1) is 0 Å². The molecular weight excluding hydrogens is 282 g/mol. The highest BCUT2D eigenvalue weighted by atomic mass is 16.4. The summed E-state index contributed by atoms with van der Waals surface area (Å²) in [6, 6.07) is 9.35. The third-order valence-corrected chi connectivity index (χ3v) is 5.58. The molecule has 5 nitrogen and oxygen atoms in total. The number of nitrogens with zero attached hydrogens (tertiary/aromatic N) is 1. The molecule has 0 aromatic heterocycles.